The highest BCUT2D eigenvalue weighted by molar-refractivity contribution is 6.30. The van der Waals surface area contributed by atoms with Gasteiger partial charge in [0.05, 0.1) is 7.11 Å². The molecule has 0 heterocycles. The van der Waals surface area contributed by atoms with Gasteiger partial charge >= 0.3 is 0 Å². The number of carbonyl (C=O) groups is 1. The van der Waals surface area contributed by atoms with Crippen LogP contribution in [-0.4, -0.2) is 13.0 Å². The fourth-order valence-corrected chi connectivity index (χ4v) is 2.81. The largest absolute Gasteiger partial charge is 0.493 e. The molecule has 0 aliphatic rings. The molecule has 0 radical (unpaired) electrons. The minimum absolute atomic E-state index is 0.110. The molecular weight excluding hydrogens is 419 g/mol. The van der Waals surface area contributed by atoms with Gasteiger partial charge in [0.1, 0.15) is 24.1 Å². The molecule has 3 rings (SSSR count). The summed E-state index contributed by atoms with van der Waals surface area (Å²) in [6, 6.07) is 19.5. The Morgan fingerprint density at radius 3 is 2.45 bits per heavy atom. The number of benzene rings is 3. The van der Waals surface area contributed by atoms with Crippen molar-refractivity contribution < 1.29 is 18.7 Å². The Bertz CT molecular complexity index is 1140. The first-order valence-corrected chi connectivity index (χ1v) is 9.60. The highest BCUT2D eigenvalue weighted by Crippen LogP contribution is 2.30. The molecule has 0 aromatic heterocycles. The summed E-state index contributed by atoms with van der Waals surface area (Å²) in [5, 5.41) is 12.6. The SMILES string of the molecule is COc1cc(/C=C(/C#N)C(=O)Nc2ccc(F)cc2)ccc1OCc1ccc(Cl)cc1. The van der Waals surface area contributed by atoms with Crippen molar-refractivity contribution in [2.24, 2.45) is 0 Å². The highest BCUT2D eigenvalue weighted by atomic mass is 35.5. The minimum Gasteiger partial charge on any atom is -0.493 e. The van der Waals surface area contributed by atoms with Gasteiger partial charge < -0.3 is 14.8 Å². The molecular formula is C24H18ClFN2O3. The maximum atomic E-state index is 13.0. The Balaban J connectivity index is 1.74. The average molecular weight is 437 g/mol. The number of amides is 1. The van der Waals surface area contributed by atoms with Crippen molar-refractivity contribution >= 4 is 29.3 Å². The predicted octanol–water partition coefficient (Wildman–Crippen LogP) is 5.61. The number of rotatable bonds is 7. The van der Waals surface area contributed by atoms with E-state index in [2.05, 4.69) is 5.32 Å². The number of hydrogen-bond acceptors (Lipinski definition) is 4. The van der Waals surface area contributed by atoms with Crippen LogP contribution < -0.4 is 14.8 Å². The zero-order valence-electron chi connectivity index (χ0n) is 16.6. The van der Waals surface area contributed by atoms with Crippen LogP contribution in [0, 0.1) is 17.1 Å². The van der Waals surface area contributed by atoms with E-state index in [0.29, 0.717) is 34.4 Å². The second-order valence-corrected chi connectivity index (χ2v) is 6.89. The Morgan fingerprint density at radius 2 is 1.81 bits per heavy atom. The Morgan fingerprint density at radius 1 is 1.10 bits per heavy atom. The van der Waals surface area contributed by atoms with Crippen molar-refractivity contribution in [2.75, 3.05) is 12.4 Å². The Kier molecular flexibility index (Phi) is 7.26. The summed E-state index contributed by atoms with van der Waals surface area (Å²) in [4.78, 5) is 12.4. The van der Waals surface area contributed by atoms with Gasteiger partial charge in [0.25, 0.3) is 5.91 Å². The molecule has 0 saturated heterocycles. The van der Waals surface area contributed by atoms with E-state index in [-0.39, 0.29) is 5.57 Å². The van der Waals surface area contributed by atoms with Gasteiger partial charge in [0.2, 0.25) is 0 Å². The second kappa shape index (κ2) is 10.3. The number of nitriles is 1. The summed E-state index contributed by atoms with van der Waals surface area (Å²) in [6.07, 6.45) is 1.43. The number of nitrogens with zero attached hydrogens (tertiary/aromatic N) is 1. The molecule has 0 spiro atoms. The number of ether oxygens (including phenoxy) is 2. The van der Waals surface area contributed by atoms with Crippen LogP contribution >= 0.6 is 11.6 Å². The first-order valence-electron chi connectivity index (χ1n) is 9.22. The number of anilines is 1. The zero-order chi connectivity index (χ0) is 22.2. The minimum atomic E-state index is -0.601. The lowest BCUT2D eigenvalue weighted by Crippen LogP contribution is -2.13. The monoisotopic (exact) mass is 436 g/mol. The third-order valence-electron chi connectivity index (χ3n) is 4.27. The number of hydrogen-bond donors (Lipinski definition) is 1. The number of halogens is 2. The van der Waals surface area contributed by atoms with Crippen LogP contribution in [-0.2, 0) is 11.4 Å². The van der Waals surface area contributed by atoms with Crippen molar-refractivity contribution in [3.8, 4) is 17.6 Å². The summed E-state index contributed by atoms with van der Waals surface area (Å²) >= 11 is 5.89. The summed E-state index contributed by atoms with van der Waals surface area (Å²) in [6.45, 7) is 0.326. The van der Waals surface area contributed by atoms with Gasteiger partial charge in [-0.25, -0.2) is 4.39 Å². The van der Waals surface area contributed by atoms with Crippen LogP contribution in [0.2, 0.25) is 5.02 Å². The molecule has 0 aliphatic heterocycles. The van der Waals surface area contributed by atoms with Crippen LogP contribution in [0.5, 0.6) is 11.5 Å². The van der Waals surface area contributed by atoms with Gasteiger partial charge in [-0.05, 0) is 65.7 Å². The van der Waals surface area contributed by atoms with Gasteiger partial charge in [-0.1, -0.05) is 29.8 Å². The molecule has 0 unspecified atom stereocenters. The van der Waals surface area contributed by atoms with Crippen LogP contribution in [0.25, 0.3) is 6.08 Å². The molecule has 156 valence electrons. The first kappa shape index (κ1) is 21.9. The smallest absolute Gasteiger partial charge is 0.266 e. The molecule has 0 atom stereocenters. The van der Waals surface area contributed by atoms with Crippen molar-refractivity contribution in [1.29, 1.82) is 5.26 Å². The molecule has 0 saturated carbocycles. The van der Waals surface area contributed by atoms with E-state index in [1.165, 1.54) is 37.5 Å². The van der Waals surface area contributed by atoms with E-state index in [1.807, 2.05) is 18.2 Å². The molecule has 5 nitrogen and oxygen atoms in total. The van der Waals surface area contributed by atoms with Gasteiger partial charge in [-0.3, -0.25) is 4.79 Å². The lowest BCUT2D eigenvalue weighted by Gasteiger charge is -2.12. The van der Waals surface area contributed by atoms with Crippen LogP contribution in [0.3, 0.4) is 0 Å². The third kappa shape index (κ3) is 6.08. The zero-order valence-corrected chi connectivity index (χ0v) is 17.3. The van der Waals surface area contributed by atoms with Crippen molar-refractivity contribution in [3.05, 3.63) is 94.3 Å². The second-order valence-electron chi connectivity index (χ2n) is 6.46. The molecule has 3 aromatic carbocycles. The summed E-state index contributed by atoms with van der Waals surface area (Å²) in [5.41, 5.74) is 1.80. The van der Waals surface area contributed by atoms with Gasteiger partial charge in [-0.15, -0.1) is 0 Å². The molecule has 31 heavy (non-hydrogen) atoms. The number of methoxy groups -OCH3 is 1. The molecule has 0 aliphatic carbocycles. The molecule has 7 heteroatoms. The number of nitrogens with one attached hydrogen (secondary N) is 1. The maximum Gasteiger partial charge on any atom is 0.266 e. The predicted molar refractivity (Wildman–Crippen MR) is 117 cm³/mol. The summed E-state index contributed by atoms with van der Waals surface area (Å²) in [7, 11) is 1.50. The maximum absolute atomic E-state index is 13.0. The van der Waals surface area contributed by atoms with Gasteiger partial charge in [0.15, 0.2) is 11.5 Å². The first-order chi connectivity index (χ1) is 15.0. The average Bonchev–Trinajstić information content (AvgIpc) is 2.78. The van der Waals surface area contributed by atoms with E-state index < -0.39 is 11.7 Å². The van der Waals surface area contributed by atoms with Crippen LogP contribution in [0.15, 0.2) is 72.3 Å². The lowest BCUT2D eigenvalue weighted by atomic mass is 10.1. The van der Waals surface area contributed by atoms with Gasteiger partial charge in [-0.2, -0.15) is 5.26 Å². The number of carbonyl (C=O) groups excluding carboxylic acids is 1. The Labute approximate surface area is 184 Å². The van der Waals surface area contributed by atoms with Crippen molar-refractivity contribution in [2.45, 2.75) is 6.61 Å². The van der Waals surface area contributed by atoms with E-state index in [1.54, 1.807) is 30.3 Å². The molecule has 3 aromatic rings. The molecule has 1 N–H and O–H groups in total. The topological polar surface area (TPSA) is 71.3 Å². The Hall–Kier alpha value is -3.82. The molecule has 0 bridgehead atoms. The quantitative estimate of drug-likeness (QED) is 0.386. The normalized spacial score (nSPS) is 10.8. The fourth-order valence-electron chi connectivity index (χ4n) is 2.68. The standard InChI is InChI=1S/C24H18ClFN2O3/c1-30-23-13-17(4-11-22(23)31-15-16-2-5-19(25)6-3-16)12-18(14-27)24(29)28-21-9-7-20(26)8-10-21/h2-13H,15H2,1H3,(H,28,29)/b18-12-. The van der Waals surface area contributed by atoms with E-state index in [0.717, 1.165) is 5.56 Å². The van der Waals surface area contributed by atoms with Gasteiger partial charge in [0, 0.05) is 10.7 Å². The highest BCUT2D eigenvalue weighted by Gasteiger charge is 2.11. The third-order valence-corrected chi connectivity index (χ3v) is 4.53. The van der Waals surface area contributed by atoms with E-state index >= 15 is 0 Å². The fraction of sp³-hybridized carbons (Fsp3) is 0.0833. The van der Waals surface area contributed by atoms with E-state index in [9.17, 15) is 14.4 Å². The molecule has 0 fully saturated rings. The van der Waals surface area contributed by atoms with E-state index in [4.69, 9.17) is 21.1 Å². The van der Waals surface area contributed by atoms with Crippen LogP contribution in [0.4, 0.5) is 10.1 Å². The molecule has 1 amide bonds. The lowest BCUT2D eigenvalue weighted by molar-refractivity contribution is -0.112. The van der Waals surface area contributed by atoms with Crippen molar-refractivity contribution in [1.82, 2.24) is 0 Å². The van der Waals surface area contributed by atoms with Crippen LogP contribution in [0.1, 0.15) is 11.1 Å². The summed E-state index contributed by atoms with van der Waals surface area (Å²) < 4.78 is 24.2. The summed E-state index contributed by atoms with van der Waals surface area (Å²) in [5.74, 6) is -0.0431. The van der Waals surface area contributed by atoms with Crippen molar-refractivity contribution in [3.63, 3.8) is 0 Å².